The van der Waals surface area contributed by atoms with Gasteiger partial charge in [0.05, 0.1) is 12.1 Å². The Labute approximate surface area is 96.7 Å². The lowest BCUT2D eigenvalue weighted by Gasteiger charge is -2.28. The maximum Gasteiger partial charge on any atom is 0.408 e. The highest BCUT2D eigenvalue weighted by atomic mass is 16.6. The highest BCUT2D eigenvalue weighted by molar-refractivity contribution is 5.94. The van der Waals surface area contributed by atoms with Crippen molar-refractivity contribution in [1.29, 1.82) is 0 Å². The lowest BCUT2D eigenvalue weighted by atomic mass is 10.0. The Hall–Kier alpha value is -1.26. The van der Waals surface area contributed by atoms with Crippen LogP contribution in [0.15, 0.2) is 4.99 Å². The molecule has 16 heavy (non-hydrogen) atoms. The first-order chi connectivity index (χ1) is 7.21. The van der Waals surface area contributed by atoms with E-state index in [1.165, 1.54) is 0 Å². The van der Waals surface area contributed by atoms with Gasteiger partial charge in [-0.2, -0.15) is 0 Å². The van der Waals surface area contributed by atoms with E-state index in [1.807, 2.05) is 34.6 Å². The molecule has 1 amide bonds. The number of ether oxygens (including phenoxy) is 1. The third kappa shape index (κ3) is 3.72. The van der Waals surface area contributed by atoms with Crippen molar-refractivity contribution in [3.8, 4) is 0 Å². The summed E-state index contributed by atoms with van der Waals surface area (Å²) < 4.78 is 5.20. The zero-order valence-corrected chi connectivity index (χ0v) is 10.7. The van der Waals surface area contributed by atoms with Gasteiger partial charge in [-0.1, -0.05) is 0 Å². The first kappa shape index (κ1) is 12.8. The molecule has 0 radical (unpaired) electrons. The zero-order valence-electron chi connectivity index (χ0n) is 10.7. The largest absolute Gasteiger partial charge is 0.444 e. The zero-order chi connectivity index (χ0) is 12.4. The Balaban J connectivity index is 2.55. The van der Waals surface area contributed by atoms with Crippen molar-refractivity contribution in [2.45, 2.75) is 45.8 Å². The number of rotatable bonds is 2. The maximum absolute atomic E-state index is 11.6. The molecular formula is C11H21N3O2. The minimum absolute atomic E-state index is 0.422. The summed E-state index contributed by atoms with van der Waals surface area (Å²) >= 11 is 0. The molecule has 5 heteroatoms. The molecule has 0 aromatic rings. The van der Waals surface area contributed by atoms with Gasteiger partial charge in [0.2, 0.25) is 0 Å². The molecule has 1 rings (SSSR count). The van der Waals surface area contributed by atoms with Crippen molar-refractivity contribution in [3.05, 3.63) is 0 Å². The van der Waals surface area contributed by atoms with E-state index in [0.717, 1.165) is 18.9 Å². The van der Waals surface area contributed by atoms with Crippen molar-refractivity contribution in [3.63, 3.8) is 0 Å². The molecule has 0 saturated heterocycles. The van der Waals surface area contributed by atoms with E-state index in [-0.39, 0.29) is 0 Å². The van der Waals surface area contributed by atoms with Crippen molar-refractivity contribution in [1.82, 2.24) is 10.6 Å². The van der Waals surface area contributed by atoms with Crippen molar-refractivity contribution in [2.24, 2.45) is 4.99 Å². The monoisotopic (exact) mass is 227 g/mol. The topological polar surface area (TPSA) is 62.7 Å². The number of carbonyl (C=O) groups is 1. The van der Waals surface area contributed by atoms with E-state index in [4.69, 9.17) is 4.74 Å². The van der Waals surface area contributed by atoms with E-state index >= 15 is 0 Å². The lowest BCUT2D eigenvalue weighted by Crippen LogP contribution is -2.54. The van der Waals surface area contributed by atoms with Gasteiger partial charge in [-0.25, -0.2) is 4.79 Å². The molecule has 2 N–H and O–H groups in total. The summed E-state index contributed by atoms with van der Waals surface area (Å²) in [6.45, 7) is 10.9. The minimum atomic E-state index is -0.515. The molecule has 0 atom stereocenters. The third-order valence-electron chi connectivity index (χ3n) is 2.08. The fourth-order valence-electron chi connectivity index (χ4n) is 1.43. The third-order valence-corrected chi connectivity index (χ3v) is 2.08. The first-order valence-electron chi connectivity index (χ1n) is 5.51. The molecule has 92 valence electrons. The molecule has 1 aliphatic rings. The highest BCUT2D eigenvalue weighted by Crippen LogP contribution is 2.11. The number of carbonyl (C=O) groups excluding carboxylic acids is 1. The maximum atomic E-state index is 11.6. The molecular weight excluding hydrogens is 206 g/mol. The summed E-state index contributed by atoms with van der Waals surface area (Å²) in [4.78, 5) is 15.9. The molecule has 1 heterocycles. The number of amides is 1. The predicted octanol–water partition coefficient (Wildman–Crippen LogP) is 1.29. The fourth-order valence-corrected chi connectivity index (χ4v) is 1.43. The van der Waals surface area contributed by atoms with Crippen LogP contribution in [0.2, 0.25) is 0 Å². The minimum Gasteiger partial charge on any atom is -0.444 e. The lowest BCUT2D eigenvalue weighted by molar-refractivity contribution is 0.0496. The van der Waals surface area contributed by atoms with E-state index in [2.05, 4.69) is 15.6 Å². The van der Waals surface area contributed by atoms with Gasteiger partial charge in [-0.3, -0.25) is 4.99 Å². The molecule has 0 aromatic carbocycles. The number of amidine groups is 1. The van der Waals surface area contributed by atoms with E-state index in [1.54, 1.807) is 0 Å². The van der Waals surface area contributed by atoms with Crippen molar-refractivity contribution < 1.29 is 9.53 Å². The predicted molar refractivity (Wildman–Crippen MR) is 63.8 cm³/mol. The van der Waals surface area contributed by atoms with Gasteiger partial charge in [-0.15, -0.1) is 0 Å². The Morgan fingerprint density at radius 3 is 2.44 bits per heavy atom. The van der Waals surface area contributed by atoms with Gasteiger partial charge >= 0.3 is 6.09 Å². The summed E-state index contributed by atoms with van der Waals surface area (Å²) in [5, 5.41) is 5.95. The molecule has 0 aliphatic carbocycles. The summed E-state index contributed by atoms with van der Waals surface area (Å²) in [7, 11) is 0. The van der Waals surface area contributed by atoms with Crippen LogP contribution < -0.4 is 10.6 Å². The summed E-state index contributed by atoms with van der Waals surface area (Å²) in [6.07, 6.45) is -0.422. The second-order valence-electron chi connectivity index (χ2n) is 5.41. The van der Waals surface area contributed by atoms with Gasteiger partial charge < -0.3 is 15.4 Å². The molecule has 5 nitrogen and oxygen atoms in total. The molecule has 0 fully saturated rings. The van der Waals surface area contributed by atoms with Gasteiger partial charge in [-0.05, 0) is 34.6 Å². The van der Waals surface area contributed by atoms with Crippen LogP contribution >= 0.6 is 0 Å². The van der Waals surface area contributed by atoms with Crippen molar-refractivity contribution in [2.75, 3.05) is 13.1 Å². The second kappa shape index (κ2) is 4.31. The number of hydrogen-bond acceptors (Lipinski definition) is 4. The average molecular weight is 227 g/mol. The van der Waals surface area contributed by atoms with E-state index in [0.29, 0.717) is 0 Å². The highest BCUT2D eigenvalue weighted by Gasteiger charge is 2.30. The molecule has 0 spiro atoms. The van der Waals surface area contributed by atoms with E-state index in [9.17, 15) is 4.79 Å². The smallest absolute Gasteiger partial charge is 0.408 e. The van der Waals surface area contributed by atoms with Gasteiger partial charge in [0.25, 0.3) is 0 Å². The Kier molecular flexibility index (Phi) is 3.45. The molecule has 0 aromatic heterocycles. The molecule has 1 aliphatic heterocycles. The number of aliphatic imine (C=N–C) groups is 1. The summed E-state index contributed by atoms with van der Waals surface area (Å²) in [5.41, 5.74) is -0.996. The average Bonchev–Trinajstić information content (AvgIpc) is 2.49. The van der Waals surface area contributed by atoms with Crippen LogP contribution in [0.1, 0.15) is 34.6 Å². The molecule has 0 bridgehead atoms. The van der Waals surface area contributed by atoms with Crippen LogP contribution in [0.4, 0.5) is 4.79 Å². The van der Waals surface area contributed by atoms with Crippen LogP contribution in [-0.2, 0) is 4.74 Å². The normalized spacial score (nSPS) is 16.4. The van der Waals surface area contributed by atoms with Crippen LogP contribution in [0, 0.1) is 0 Å². The quantitative estimate of drug-likeness (QED) is 0.747. The van der Waals surface area contributed by atoms with Crippen LogP contribution in [0.5, 0.6) is 0 Å². The Morgan fingerprint density at radius 2 is 2.00 bits per heavy atom. The Bertz CT molecular complexity index is 303. The van der Waals surface area contributed by atoms with Crippen LogP contribution in [-0.4, -0.2) is 36.2 Å². The number of hydrogen-bond donors (Lipinski definition) is 2. The SMILES string of the molecule is CC(C)(C)OC(=O)NC(C)(C)C1=NCCN1. The summed E-state index contributed by atoms with van der Waals surface area (Å²) in [5.74, 6) is 0.804. The van der Waals surface area contributed by atoms with E-state index < -0.39 is 17.2 Å². The van der Waals surface area contributed by atoms with Gasteiger partial charge in [0.15, 0.2) is 0 Å². The molecule has 0 unspecified atom stereocenters. The fraction of sp³-hybridized carbons (Fsp3) is 0.818. The van der Waals surface area contributed by atoms with Crippen LogP contribution in [0.3, 0.4) is 0 Å². The summed E-state index contributed by atoms with van der Waals surface area (Å²) in [6, 6.07) is 0. The van der Waals surface area contributed by atoms with Crippen LogP contribution in [0.25, 0.3) is 0 Å². The Morgan fingerprint density at radius 1 is 1.38 bits per heavy atom. The van der Waals surface area contributed by atoms with Gasteiger partial charge in [0.1, 0.15) is 11.4 Å². The van der Waals surface area contributed by atoms with Gasteiger partial charge in [0, 0.05) is 6.54 Å². The van der Waals surface area contributed by atoms with Crippen molar-refractivity contribution >= 4 is 11.9 Å². The molecule has 0 saturated carbocycles. The first-order valence-corrected chi connectivity index (χ1v) is 5.51. The number of alkyl carbamates (subject to hydrolysis) is 1. The second-order valence-corrected chi connectivity index (χ2v) is 5.41. The number of nitrogens with one attached hydrogen (secondary N) is 2. The standard InChI is InChI=1S/C11H21N3O2/c1-10(2,3)16-9(15)14-11(4,5)8-12-6-7-13-8/h6-7H2,1-5H3,(H,12,13)(H,14,15). The number of nitrogens with zero attached hydrogens (tertiary/aromatic N) is 1.